The number of halogens is 4. The van der Waals surface area contributed by atoms with Crippen LogP contribution in [0.2, 0.25) is 0 Å². The van der Waals surface area contributed by atoms with Crippen LogP contribution in [-0.4, -0.2) is 35.0 Å². The molecular weight excluding hydrogens is 307 g/mol. The van der Waals surface area contributed by atoms with E-state index < -0.39 is 11.0 Å². The third kappa shape index (κ3) is 5.47. The van der Waals surface area contributed by atoms with Crippen LogP contribution in [0.3, 0.4) is 0 Å². The van der Waals surface area contributed by atoms with Gasteiger partial charge in [0, 0.05) is 12.6 Å². The molecule has 0 aromatic rings. The smallest absolute Gasteiger partial charge is 0.299 e. The van der Waals surface area contributed by atoms with E-state index in [0.717, 1.165) is 38.6 Å². The molecule has 1 rings (SSSR count). The Hall–Kier alpha value is 0.230. The van der Waals surface area contributed by atoms with Crippen LogP contribution in [0.5, 0.6) is 0 Å². The lowest BCUT2D eigenvalue weighted by Gasteiger charge is -2.31. The zero-order valence-electron chi connectivity index (χ0n) is 11.1. The van der Waals surface area contributed by atoms with Gasteiger partial charge in [-0.1, -0.05) is 42.6 Å². The second-order valence-electron chi connectivity index (χ2n) is 5.62. The van der Waals surface area contributed by atoms with E-state index in [4.69, 9.17) is 0 Å². The molecule has 0 bridgehead atoms. The molecule has 1 aliphatic rings. The molecule has 1 unspecified atom stereocenters. The summed E-state index contributed by atoms with van der Waals surface area (Å²) in [6, 6.07) is 0.353. The van der Waals surface area contributed by atoms with E-state index >= 15 is 0 Å². The fourth-order valence-electron chi connectivity index (χ4n) is 2.43. The summed E-state index contributed by atoms with van der Waals surface area (Å²) in [5, 5.41) is 0. The van der Waals surface area contributed by atoms with Gasteiger partial charge in [0.15, 0.2) is 0 Å². The van der Waals surface area contributed by atoms with Crippen LogP contribution in [0, 0.1) is 5.92 Å². The SMILES string of the molecule is CC(C)CCN(CC(Br)C(F)(F)F)C1CCCC1. The van der Waals surface area contributed by atoms with Crippen molar-refractivity contribution in [1.29, 1.82) is 0 Å². The molecule has 5 heteroatoms. The van der Waals surface area contributed by atoms with Gasteiger partial charge < -0.3 is 0 Å². The van der Waals surface area contributed by atoms with E-state index in [9.17, 15) is 13.2 Å². The molecule has 0 N–H and O–H groups in total. The first-order chi connectivity index (χ1) is 8.30. The summed E-state index contributed by atoms with van der Waals surface area (Å²) in [6.45, 7) is 5.09. The van der Waals surface area contributed by atoms with Gasteiger partial charge >= 0.3 is 6.18 Å². The molecule has 0 aromatic carbocycles. The summed E-state index contributed by atoms with van der Waals surface area (Å²) >= 11 is 2.79. The Labute approximate surface area is 116 Å². The van der Waals surface area contributed by atoms with Gasteiger partial charge in [-0.15, -0.1) is 0 Å². The second-order valence-corrected chi connectivity index (χ2v) is 6.73. The fraction of sp³-hybridized carbons (Fsp3) is 1.00. The minimum atomic E-state index is -4.14. The van der Waals surface area contributed by atoms with E-state index in [1.807, 2.05) is 4.90 Å². The largest absolute Gasteiger partial charge is 0.402 e. The van der Waals surface area contributed by atoms with Gasteiger partial charge in [0.2, 0.25) is 0 Å². The van der Waals surface area contributed by atoms with Crippen molar-refractivity contribution >= 4 is 15.9 Å². The molecule has 1 atom stereocenters. The summed E-state index contributed by atoms with van der Waals surface area (Å²) < 4.78 is 37.9. The Kier molecular flexibility index (Phi) is 6.45. The average Bonchev–Trinajstić information content (AvgIpc) is 2.75. The number of hydrogen-bond acceptors (Lipinski definition) is 1. The van der Waals surface area contributed by atoms with Gasteiger partial charge in [-0.05, 0) is 31.7 Å². The van der Waals surface area contributed by atoms with E-state index in [-0.39, 0.29) is 6.54 Å². The molecule has 1 aliphatic carbocycles. The molecule has 0 spiro atoms. The van der Waals surface area contributed by atoms with E-state index in [0.29, 0.717) is 12.0 Å². The van der Waals surface area contributed by atoms with Crippen LogP contribution >= 0.6 is 15.9 Å². The van der Waals surface area contributed by atoms with Gasteiger partial charge in [0.05, 0.1) is 0 Å². The summed E-state index contributed by atoms with van der Waals surface area (Å²) in [5.41, 5.74) is 0. The molecule has 18 heavy (non-hydrogen) atoms. The van der Waals surface area contributed by atoms with Crippen LogP contribution in [0.1, 0.15) is 46.0 Å². The highest BCUT2D eigenvalue weighted by Crippen LogP contribution is 2.30. The number of rotatable bonds is 6. The highest BCUT2D eigenvalue weighted by molar-refractivity contribution is 9.09. The molecule has 0 aromatic heterocycles. The first kappa shape index (κ1) is 16.3. The molecule has 0 amide bonds. The second kappa shape index (κ2) is 7.13. The molecule has 1 fully saturated rings. The Morgan fingerprint density at radius 2 is 1.78 bits per heavy atom. The predicted molar refractivity (Wildman–Crippen MR) is 72.1 cm³/mol. The molecule has 1 nitrogen and oxygen atoms in total. The lowest BCUT2D eigenvalue weighted by molar-refractivity contribution is -0.131. The summed E-state index contributed by atoms with van der Waals surface area (Å²) in [7, 11) is 0. The summed E-state index contributed by atoms with van der Waals surface area (Å²) in [4.78, 5) is 0.637. The quantitative estimate of drug-likeness (QED) is 0.643. The van der Waals surface area contributed by atoms with Crippen molar-refractivity contribution in [3.63, 3.8) is 0 Å². The van der Waals surface area contributed by atoms with E-state index in [2.05, 4.69) is 29.8 Å². The van der Waals surface area contributed by atoms with Crippen molar-refractivity contribution in [1.82, 2.24) is 4.90 Å². The highest BCUT2D eigenvalue weighted by Gasteiger charge is 2.39. The normalized spacial score (nSPS) is 20.0. The molecular formula is C13H23BrF3N. The molecule has 0 radical (unpaired) electrons. The van der Waals surface area contributed by atoms with Crippen molar-refractivity contribution in [2.75, 3.05) is 13.1 Å². The van der Waals surface area contributed by atoms with Crippen molar-refractivity contribution in [3.8, 4) is 0 Å². The Bertz CT molecular complexity index is 237. The molecule has 0 aliphatic heterocycles. The molecule has 0 saturated heterocycles. The maximum absolute atomic E-state index is 12.6. The maximum atomic E-state index is 12.6. The van der Waals surface area contributed by atoms with Crippen molar-refractivity contribution in [2.24, 2.45) is 5.92 Å². The standard InChI is InChI=1S/C13H23BrF3N/c1-10(2)7-8-18(11-5-3-4-6-11)9-12(14)13(15,16)17/h10-12H,3-9H2,1-2H3. The number of nitrogens with zero attached hydrogens (tertiary/aromatic N) is 1. The van der Waals surface area contributed by atoms with Gasteiger partial charge in [0.1, 0.15) is 4.83 Å². The van der Waals surface area contributed by atoms with Crippen molar-refractivity contribution < 1.29 is 13.2 Å². The van der Waals surface area contributed by atoms with Crippen molar-refractivity contribution in [2.45, 2.75) is 63.0 Å². The fourth-order valence-corrected chi connectivity index (χ4v) is 2.80. The third-order valence-corrected chi connectivity index (χ3v) is 4.39. The number of alkyl halides is 4. The third-order valence-electron chi connectivity index (χ3n) is 3.58. The topological polar surface area (TPSA) is 3.24 Å². The van der Waals surface area contributed by atoms with Crippen LogP contribution in [0.15, 0.2) is 0 Å². The van der Waals surface area contributed by atoms with E-state index in [1.54, 1.807) is 0 Å². The number of hydrogen-bond donors (Lipinski definition) is 0. The predicted octanol–water partition coefficient (Wildman–Crippen LogP) is 4.60. The Morgan fingerprint density at radius 1 is 1.22 bits per heavy atom. The first-order valence-electron chi connectivity index (χ1n) is 6.75. The zero-order chi connectivity index (χ0) is 13.8. The van der Waals surface area contributed by atoms with Crippen LogP contribution < -0.4 is 0 Å². The molecule has 1 saturated carbocycles. The summed E-state index contributed by atoms with van der Waals surface area (Å²) in [5.74, 6) is 0.536. The van der Waals surface area contributed by atoms with Gasteiger partial charge in [-0.25, -0.2) is 0 Å². The first-order valence-corrected chi connectivity index (χ1v) is 7.67. The molecule has 0 heterocycles. The lowest BCUT2D eigenvalue weighted by atomic mass is 10.1. The summed E-state index contributed by atoms with van der Waals surface area (Å²) in [6.07, 6.45) is 1.23. The minimum Gasteiger partial charge on any atom is -0.299 e. The monoisotopic (exact) mass is 329 g/mol. The Balaban J connectivity index is 2.53. The average molecular weight is 330 g/mol. The van der Waals surface area contributed by atoms with Gasteiger partial charge in [-0.3, -0.25) is 4.90 Å². The van der Waals surface area contributed by atoms with Crippen LogP contribution in [-0.2, 0) is 0 Å². The van der Waals surface area contributed by atoms with Crippen molar-refractivity contribution in [3.05, 3.63) is 0 Å². The maximum Gasteiger partial charge on any atom is 0.402 e. The zero-order valence-corrected chi connectivity index (χ0v) is 12.7. The van der Waals surface area contributed by atoms with Gasteiger partial charge in [-0.2, -0.15) is 13.2 Å². The van der Waals surface area contributed by atoms with Gasteiger partial charge in [0.25, 0.3) is 0 Å². The molecule has 108 valence electrons. The highest BCUT2D eigenvalue weighted by atomic mass is 79.9. The van der Waals surface area contributed by atoms with Crippen LogP contribution in [0.25, 0.3) is 0 Å². The van der Waals surface area contributed by atoms with E-state index in [1.165, 1.54) is 0 Å². The minimum absolute atomic E-state index is 0.0842. The lowest BCUT2D eigenvalue weighted by Crippen LogP contribution is -2.43. The van der Waals surface area contributed by atoms with Crippen LogP contribution in [0.4, 0.5) is 13.2 Å². The Morgan fingerprint density at radius 3 is 2.22 bits per heavy atom.